The lowest BCUT2D eigenvalue weighted by Crippen LogP contribution is -2.37. The van der Waals surface area contributed by atoms with E-state index in [-0.39, 0.29) is 12.5 Å². The molecule has 1 aliphatic heterocycles. The summed E-state index contributed by atoms with van der Waals surface area (Å²) in [5.74, 6) is -0.0769. The SMILES string of the molecule is C=CC(=O)N1CCn2nc(-c3cccc(CO)c3)c(-c3ccncc3)c2C1. The van der Waals surface area contributed by atoms with Crippen molar-refractivity contribution in [2.75, 3.05) is 6.54 Å². The van der Waals surface area contributed by atoms with Crippen LogP contribution in [0.3, 0.4) is 0 Å². The van der Waals surface area contributed by atoms with Crippen LogP contribution in [0.15, 0.2) is 61.4 Å². The van der Waals surface area contributed by atoms with Gasteiger partial charge >= 0.3 is 0 Å². The molecule has 1 aliphatic rings. The van der Waals surface area contributed by atoms with Gasteiger partial charge in [-0.25, -0.2) is 0 Å². The summed E-state index contributed by atoms with van der Waals surface area (Å²) in [5, 5.41) is 14.3. The van der Waals surface area contributed by atoms with Crippen molar-refractivity contribution >= 4 is 5.91 Å². The van der Waals surface area contributed by atoms with Gasteiger partial charge in [-0.15, -0.1) is 0 Å². The first-order chi connectivity index (χ1) is 13.2. The van der Waals surface area contributed by atoms with E-state index in [1.807, 2.05) is 41.1 Å². The molecule has 0 fully saturated rings. The molecule has 0 saturated heterocycles. The minimum absolute atomic E-state index is 0.0202. The van der Waals surface area contributed by atoms with Gasteiger partial charge in [-0.1, -0.05) is 24.8 Å². The Morgan fingerprint density at radius 3 is 2.74 bits per heavy atom. The maximum absolute atomic E-state index is 12.1. The Morgan fingerprint density at radius 1 is 1.19 bits per heavy atom. The van der Waals surface area contributed by atoms with Gasteiger partial charge in [0.25, 0.3) is 0 Å². The minimum Gasteiger partial charge on any atom is -0.392 e. The fraction of sp³-hybridized carbons (Fsp3) is 0.190. The van der Waals surface area contributed by atoms with E-state index in [4.69, 9.17) is 5.10 Å². The van der Waals surface area contributed by atoms with Crippen LogP contribution in [0.25, 0.3) is 22.4 Å². The van der Waals surface area contributed by atoms with Crippen LogP contribution >= 0.6 is 0 Å². The van der Waals surface area contributed by atoms with Gasteiger partial charge in [0.2, 0.25) is 5.91 Å². The monoisotopic (exact) mass is 360 g/mol. The second kappa shape index (κ2) is 7.17. The number of aliphatic hydroxyl groups is 1. The van der Waals surface area contributed by atoms with Crippen molar-refractivity contribution in [2.45, 2.75) is 19.7 Å². The van der Waals surface area contributed by atoms with E-state index in [0.29, 0.717) is 19.6 Å². The molecule has 1 aromatic carbocycles. The summed E-state index contributed by atoms with van der Waals surface area (Å²) in [5.41, 5.74) is 5.61. The summed E-state index contributed by atoms with van der Waals surface area (Å²) in [4.78, 5) is 18.0. The maximum Gasteiger partial charge on any atom is 0.246 e. The van der Waals surface area contributed by atoms with E-state index < -0.39 is 0 Å². The number of hydrogen-bond acceptors (Lipinski definition) is 4. The molecule has 27 heavy (non-hydrogen) atoms. The van der Waals surface area contributed by atoms with Crippen LogP contribution in [0, 0.1) is 0 Å². The molecule has 4 rings (SSSR count). The number of benzene rings is 1. The molecule has 0 radical (unpaired) electrons. The molecule has 0 aliphatic carbocycles. The Hall–Kier alpha value is -3.25. The van der Waals surface area contributed by atoms with Gasteiger partial charge in [-0.05, 0) is 35.4 Å². The van der Waals surface area contributed by atoms with E-state index in [1.165, 1.54) is 6.08 Å². The quantitative estimate of drug-likeness (QED) is 0.726. The third-order valence-electron chi connectivity index (χ3n) is 4.82. The number of pyridine rings is 1. The number of hydrogen-bond donors (Lipinski definition) is 1. The molecule has 3 aromatic rings. The molecule has 1 N–H and O–H groups in total. The van der Waals surface area contributed by atoms with Gasteiger partial charge in [-0.3, -0.25) is 14.5 Å². The summed E-state index contributed by atoms with van der Waals surface area (Å²) >= 11 is 0. The van der Waals surface area contributed by atoms with Crippen LogP contribution in [0.4, 0.5) is 0 Å². The van der Waals surface area contributed by atoms with Crippen LogP contribution in [0.5, 0.6) is 0 Å². The molecule has 2 aromatic heterocycles. The van der Waals surface area contributed by atoms with Crippen molar-refractivity contribution in [2.24, 2.45) is 0 Å². The Balaban J connectivity index is 1.89. The normalized spacial score (nSPS) is 13.3. The zero-order chi connectivity index (χ0) is 18.8. The average molecular weight is 360 g/mol. The molecule has 0 unspecified atom stereocenters. The minimum atomic E-state index is -0.0769. The van der Waals surface area contributed by atoms with Crippen LogP contribution in [0.1, 0.15) is 11.3 Å². The Morgan fingerprint density at radius 2 is 2.00 bits per heavy atom. The van der Waals surface area contributed by atoms with Crippen LogP contribution in [0.2, 0.25) is 0 Å². The summed E-state index contributed by atoms with van der Waals surface area (Å²) in [6.45, 7) is 5.29. The van der Waals surface area contributed by atoms with Crippen molar-refractivity contribution in [3.63, 3.8) is 0 Å². The number of aromatic nitrogens is 3. The van der Waals surface area contributed by atoms with Crippen molar-refractivity contribution in [3.05, 3.63) is 72.7 Å². The van der Waals surface area contributed by atoms with Gasteiger partial charge in [0, 0.05) is 30.1 Å². The highest BCUT2D eigenvalue weighted by Gasteiger charge is 2.27. The molecule has 0 bridgehead atoms. The Labute approximate surface area is 157 Å². The summed E-state index contributed by atoms with van der Waals surface area (Å²) in [6.07, 6.45) is 4.86. The molecule has 0 saturated carbocycles. The van der Waals surface area contributed by atoms with Crippen LogP contribution in [-0.2, 0) is 24.5 Å². The lowest BCUT2D eigenvalue weighted by molar-refractivity contribution is -0.127. The molecule has 6 nitrogen and oxygen atoms in total. The van der Waals surface area contributed by atoms with E-state index in [2.05, 4.69) is 11.6 Å². The second-order valence-corrected chi connectivity index (χ2v) is 6.45. The first kappa shape index (κ1) is 17.2. The Kier molecular flexibility index (Phi) is 4.56. The van der Waals surface area contributed by atoms with Crippen molar-refractivity contribution in [3.8, 4) is 22.4 Å². The average Bonchev–Trinajstić information content (AvgIpc) is 3.12. The number of fused-ring (bicyclic) bond motifs is 1. The highest BCUT2D eigenvalue weighted by Crippen LogP contribution is 2.36. The summed E-state index contributed by atoms with van der Waals surface area (Å²) in [6, 6.07) is 11.6. The zero-order valence-corrected chi connectivity index (χ0v) is 14.9. The van der Waals surface area contributed by atoms with Gasteiger partial charge in [0.15, 0.2) is 0 Å². The van der Waals surface area contributed by atoms with E-state index in [1.54, 1.807) is 17.3 Å². The van der Waals surface area contributed by atoms with Gasteiger partial charge in [0.05, 0.1) is 25.4 Å². The molecule has 1 amide bonds. The molecule has 0 spiro atoms. The van der Waals surface area contributed by atoms with Gasteiger partial charge in [-0.2, -0.15) is 5.10 Å². The highest BCUT2D eigenvalue weighted by atomic mass is 16.3. The number of carbonyl (C=O) groups excluding carboxylic acids is 1. The lowest BCUT2D eigenvalue weighted by atomic mass is 9.98. The number of amides is 1. The number of nitrogens with zero attached hydrogens (tertiary/aromatic N) is 4. The van der Waals surface area contributed by atoms with E-state index in [0.717, 1.165) is 33.6 Å². The largest absolute Gasteiger partial charge is 0.392 e. The number of rotatable bonds is 4. The third-order valence-corrected chi connectivity index (χ3v) is 4.82. The second-order valence-electron chi connectivity index (χ2n) is 6.45. The summed E-state index contributed by atoms with van der Waals surface area (Å²) in [7, 11) is 0. The lowest BCUT2D eigenvalue weighted by Gasteiger charge is -2.27. The first-order valence-electron chi connectivity index (χ1n) is 8.83. The zero-order valence-electron chi connectivity index (χ0n) is 14.9. The van der Waals surface area contributed by atoms with E-state index >= 15 is 0 Å². The molecular weight excluding hydrogens is 340 g/mol. The van der Waals surface area contributed by atoms with E-state index in [9.17, 15) is 9.90 Å². The fourth-order valence-corrected chi connectivity index (χ4v) is 3.48. The fourth-order valence-electron chi connectivity index (χ4n) is 3.48. The highest BCUT2D eigenvalue weighted by molar-refractivity contribution is 5.88. The van der Waals surface area contributed by atoms with Gasteiger partial charge < -0.3 is 10.0 Å². The summed E-state index contributed by atoms with van der Waals surface area (Å²) < 4.78 is 1.98. The standard InChI is InChI=1S/C21H20N4O2/c1-2-19(27)24-10-11-25-18(13-24)20(16-6-8-22-9-7-16)21(23-25)17-5-3-4-15(12-17)14-26/h2-9,12,26H,1,10-11,13-14H2. The van der Waals surface area contributed by atoms with Crippen LogP contribution < -0.4 is 0 Å². The molecule has 0 atom stereocenters. The Bertz CT molecular complexity index is 995. The smallest absolute Gasteiger partial charge is 0.246 e. The molecule has 3 heterocycles. The topological polar surface area (TPSA) is 71.2 Å². The van der Waals surface area contributed by atoms with Gasteiger partial charge in [0.1, 0.15) is 5.69 Å². The predicted molar refractivity (Wildman–Crippen MR) is 102 cm³/mol. The van der Waals surface area contributed by atoms with Crippen molar-refractivity contribution in [1.82, 2.24) is 19.7 Å². The van der Waals surface area contributed by atoms with Crippen molar-refractivity contribution < 1.29 is 9.90 Å². The third kappa shape index (κ3) is 3.15. The molecular formula is C21H20N4O2. The maximum atomic E-state index is 12.1. The first-order valence-corrected chi connectivity index (χ1v) is 8.83. The number of aliphatic hydroxyl groups excluding tert-OH is 1. The van der Waals surface area contributed by atoms with Crippen LogP contribution in [-0.4, -0.2) is 37.2 Å². The van der Waals surface area contributed by atoms with Crippen molar-refractivity contribution in [1.29, 1.82) is 0 Å². The predicted octanol–water partition coefficient (Wildman–Crippen LogP) is 2.63. The number of carbonyl (C=O) groups is 1. The molecule has 136 valence electrons. The molecule has 6 heteroatoms.